The van der Waals surface area contributed by atoms with E-state index in [2.05, 4.69) is 18.9 Å². The van der Waals surface area contributed by atoms with E-state index >= 15 is 0 Å². The van der Waals surface area contributed by atoms with Crippen molar-refractivity contribution in [2.75, 3.05) is 33.8 Å². The summed E-state index contributed by atoms with van der Waals surface area (Å²) < 4.78 is 11.6. The van der Waals surface area contributed by atoms with Gasteiger partial charge in [0.15, 0.2) is 0 Å². The molecule has 0 aliphatic heterocycles. The molecular formula is C24H48N2O3. The van der Waals surface area contributed by atoms with E-state index in [0.717, 1.165) is 38.7 Å². The van der Waals surface area contributed by atoms with Gasteiger partial charge in [-0.3, -0.25) is 0 Å². The molecule has 0 aromatic carbocycles. The molecule has 1 saturated carbocycles. The van der Waals surface area contributed by atoms with E-state index < -0.39 is 5.60 Å². The number of unbranched alkanes of at least 4 members (excludes halogenated alkanes) is 5. The average molecular weight is 413 g/mol. The quantitative estimate of drug-likeness (QED) is 0.355. The number of ether oxygens (including phenoxy) is 2. The number of carbonyl (C=O) groups excluding carboxylic acids is 1. The van der Waals surface area contributed by atoms with Crippen LogP contribution in [0.1, 0.15) is 98.3 Å². The Morgan fingerprint density at radius 3 is 2.07 bits per heavy atom. The number of nitrogens with zero attached hydrogens (tertiary/aromatic N) is 2. The fourth-order valence-electron chi connectivity index (χ4n) is 3.91. The minimum atomic E-state index is -0.434. The molecule has 1 aliphatic carbocycles. The van der Waals surface area contributed by atoms with Crippen LogP contribution in [-0.2, 0) is 9.47 Å². The highest BCUT2D eigenvalue weighted by Gasteiger charge is 2.29. The highest BCUT2D eigenvalue weighted by atomic mass is 16.6. The fraction of sp³-hybridized carbons (Fsp3) is 0.958. The second-order valence-corrected chi connectivity index (χ2v) is 9.82. The van der Waals surface area contributed by atoms with Gasteiger partial charge in [-0.05, 0) is 85.9 Å². The number of amides is 1. The summed E-state index contributed by atoms with van der Waals surface area (Å²) in [5.41, 5.74) is -0.434. The molecule has 1 amide bonds. The van der Waals surface area contributed by atoms with E-state index in [4.69, 9.17) is 9.47 Å². The third-order valence-electron chi connectivity index (χ3n) is 5.80. The van der Waals surface area contributed by atoms with Crippen molar-refractivity contribution in [3.8, 4) is 0 Å². The lowest BCUT2D eigenvalue weighted by molar-refractivity contribution is -0.00583. The Balaban J connectivity index is 2.04. The van der Waals surface area contributed by atoms with E-state index in [0.29, 0.717) is 6.10 Å². The molecule has 1 fully saturated rings. The molecule has 0 heterocycles. The van der Waals surface area contributed by atoms with Crippen LogP contribution in [0, 0.1) is 0 Å². The topological polar surface area (TPSA) is 42.0 Å². The highest BCUT2D eigenvalue weighted by molar-refractivity contribution is 5.68. The van der Waals surface area contributed by atoms with E-state index in [-0.39, 0.29) is 12.1 Å². The number of carbonyl (C=O) groups is 1. The molecule has 5 nitrogen and oxygen atoms in total. The molecule has 1 aliphatic rings. The van der Waals surface area contributed by atoms with Gasteiger partial charge in [0.25, 0.3) is 0 Å². The summed E-state index contributed by atoms with van der Waals surface area (Å²) in [6, 6.07) is 0.277. The minimum absolute atomic E-state index is 0.210. The normalized spacial score (nSPS) is 20.1. The van der Waals surface area contributed by atoms with Gasteiger partial charge in [-0.25, -0.2) is 4.79 Å². The highest BCUT2D eigenvalue weighted by Crippen LogP contribution is 2.26. The third-order valence-corrected chi connectivity index (χ3v) is 5.80. The number of rotatable bonds is 13. The second kappa shape index (κ2) is 14.2. The van der Waals surface area contributed by atoms with Crippen molar-refractivity contribution in [1.82, 2.24) is 9.80 Å². The molecule has 0 spiro atoms. The Morgan fingerprint density at radius 2 is 1.48 bits per heavy atom. The van der Waals surface area contributed by atoms with Crippen molar-refractivity contribution in [1.29, 1.82) is 0 Å². The van der Waals surface area contributed by atoms with Crippen LogP contribution in [0.15, 0.2) is 0 Å². The summed E-state index contributed by atoms with van der Waals surface area (Å²) in [6.45, 7) is 11.3. The SMILES string of the molecule is CCCCCN(C)CCCCCCO[C@H]1CC[C@H](N(C)C(=O)OC(C)(C)C)CC1. The van der Waals surface area contributed by atoms with Crippen LogP contribution in [0.4, 0.5) is 4.79 Å². The van der Waals surface area contributed by atoms with E-state index in [1.807, 2.05) is 27.8 Å². The van der Waals surface area contributed by atoms with Crippen LogP contribution in [0.2, 0.25) is 0 Å². The maximum Gasteiger partial charge on any atom is 0.410 e. The van der Waals surface area contributed by atoms with Crippen molar-refractivity contribution in [3.63, 3.8) is 0 Å². The van der Waals surface area contributed by atoms with E-state index in [1.165, 1.54) is 51.6 Å². The van der Waals surface area contributed by atoms with Gasteiger partial charge in [0.1, 0.15) is 5.60 Å². The minimum Gasteiger partial charge on any atom is -0.444 e. The molecule has 172 valence electrons. The first-order valence-corrected chi connectivity index (χ1v) is 12.0. The summed E-state index contributed by atoms with van der Waals surface area (Å²) in [5.74, 6) is 0. The fourth-order valence-corrected chi connectivity index (χ4v) is 3.91. The maximum absolute atomic E-state index is 12.2. The van der Waals surface area contributed by atoms with Crippen molar-refractivity contribution in [2.45, 2.75) is 116 Å². The maximum atomic E-state index is 12.2. The molecule has 0 aromatic heterocycles. The van der Waals surface area contributed by atoms with Gasteiger partial charge in [-0.15, -0.1) is 0 Å². The molecule has 29 heavy (non-hydrogen) atoms. The molecule has 0 saturated heterocycles. The Morgan fingerprint density at radius 1 is 0.897 bits per heavy atom. The van der Waals surface area contributed by atoms with Gasteiger partial charge in [-0.2, -0.15) is 0 Å². The number of hydrogen-bond donors (Lipinski definition) is 0. The number of hydrogen-bond acceptors (Lipinski definition) is 4. The molecule has 1 rings (SSSR count). The first kappa shape index (κ1) is 26.2. The zero-order chi connectivity index (χ0) is 21.7. The molecule has 0 atom stereocenters. The van der Waals surface area contributed by atoms with Crippen molar-refractivity contribution in [2.24, 2.45) is 0 Å². The predicted octanol–water partition coefficient (Wildman–Crippen LogP) is 5.86. The molecule has 0 unspecified atom stereocenters. The zero-order valence-electron chi connectivity index (χ0n) is 20.2. The van der Waals surface area contributed by atoms with Crippen LogP contribution in [-0.4, -0.2) is 67.4 Å². The monoisotopic (exact) mass is 412 g/mol. The Labute approximate surface area is 180 Å². The average Bonchev–Trinajstić information content (AvgIpc) is 2.66. The smallest absolute Gasteiger partial charge is 0.410 e. The molecule has 0 aromatic rings. The Kier molecular flexibility index (Phi) is 12.9. The molecule has 0 bridgehead atoms. The van der Waals surface area contributed by atoms with Gasteiger partial charge in [-0.1, -0.05) is 32.6 Å². The van der Waals surface area contributed by atoms with Crippen molar-refractivity contribution < 1.29 is 14.3 Å². The largest absolute Gasteiger partial charge is 0.444 e. The third kappa shape index (κ3) is 12.5. The summed E-state index contributed by atoms with van der Waals surface area (Å²) in [4.78, 5) is 16.5. The van der Waals surface area contributed by atoms with E-state index in [1.54, 1.807) is 4.90 Å². The van der Waals surface area contributed by atoms with Crippen LogP contribution < -0.4 is 0 Å². The van der Waals surface area contributed by atoms with Gasteiger partial charge < -0.3 is 19.3 Å². The van der Waals surface area contributed by atoms with Gasteiger partial charge in [0, 0.05) is 19.7 Å². The first-order chi connectivity index (χ1) is 13.7. The molecule has 0 radical (unpaired) electrons. The summed E-state index contributed by atoms with van der Waals surface area (Å²) in [5, 5.41) is 0. The lowest BCUT2D eigenvalue weighted by Crippen LogP contribution is -2.43. The Hall–Kier alpha value is -0.810. The van der Waals surface area contributed by atoms with Gasteiger partial charge in [0.2, 0.25) is 0 Å². The van der Waals surface area contributed by atoms with Crippen LogP contribution in [0.5, 0.6) is 0 Å². The molecular weight excluding hydrogens is 364 g/mol. The summed E-state index contributed by atoms with van der Waals surface area (Å²) in [6.07, 6.45) is 13.3. The predicted molar refractivity (Wildman–Crippen MR) is 121 cm³/mol. The first-order valence-electron chi connectivity index (χ1n) is 12.0. The van der Waals surface area contributed by atoms with Crippen LogP contribution in [0.3, 0.4) is 0 Å². The Bertz CT molecular complexity index is 428. The van der Waals surface area contributed by atoms with Crippen molar-refractivity contribution >= 4 is 6.09 Å². The summed E-state index contributed by atoms with van der Waals surface area (Å²) >= 11 is 0. The lowest BCUT2D eigenvalue weighted by atomic mass is 9.92. The standard InChI is InChI=1S/C24H48N2O3/c1-7-8-11-18-25(5)19-12-9-10-13-20-28-22-16-14-21(15-17-22)26(6)23(27)29-24(2,3)4/h21-22H,7-20H2,1-6H3/t21-,22-. The van der Waals surface area contributed by atoms with Gasteiger partial charge >= 0.3 is 6.09 Å². The van der Waals surface area contributed by atoms with Crippen LogP contribution >= 0.6 is 0 Å². The van der Waals surface area contributed by atoms with Crippen LogP contribution in [0.25, 0.3) is 0 Å². The second-order valence-electron chi connectivity index (χ2n) is 9.82. The summed E-state index contributed by atoms with van der Waals surface area (Å²) in [7, 11) is 4.11. The van der Waals surface area contributed by atoms with Gasteiger partial charge in [0.05, 0.1) is 6.10 Å². The lowest BCUT2D eigenvalue weighted by Gasteiger charge is -2.35. The molecule has 5 heteroatoms. The van der Waals surface area contributed by atoms with E-state index in [9.17, 15) is 4.79 Å². The van der Waals surface area contributed by atoms with Crippen molar-refractivity contribution in [3.05, 3.63) is 0 Å². The zero-order valence-corrected chi connectivity index (χ0v) is 20.2. The molecule has 0 N–H and O–H groups in total.